The molecule has 1 saturated heterocycles. The van der Waals surface area contributed by atoms with Crippen LogP contribution in [0.2, 0.25) is 13.1 Å². The third kappa shape index (κ3) is 1.57. The Morgan fingerprint density at radius 3 is 2.42 bits per heavy atom. The standard InChI is InChI=1S/C9H18O2Si/c1-8(10)9(12(2)3)6-4-5-7-11-9/h10,12H,1,4-7H2,2-3H3. The molecular weight excluding hydrogens is 168 g/mol. The summed E-state index contributed by atoms with van der Waals surface area (Å²) < 4.78 is 5.70. The highest BCUT2D eigenvalue weighted by molar-refractivity contribution is 6.60. The van der Waals surface area contributed by atoms with Crippen molar-refractivity contribution in [2.75, 3.05) is 6.61 Å². The van der Waals surface area contributed by atoms with E-state index in [4.69, 9.17) is 4.74 Å². The van der Waals surface area contributed by atoms with Gasteiger partial charge in [0.15, 0.2) is 0 Å². The van der Waals surface area contributed by atoms with Crippen LogP contribution in [0, 0.1) is 0 Å². The largest absolute Gasteiger partial charge is 0.510 e. The van der Waals surface area contributed by atoms with E-state index in [0.717, 1.165) is 25.9 Å². The lowest BCUT2D eigenvalue weighted by Gasteiger charge is -2.39. The minimum atomic E-state index is -1.02. The first-order chi connectivity index (χ1) is 5.59. The molecule has 0 bridgehead atoms. The molecule has 1 N–H and O–H groups in total. The lowest BCUT2D eigenvalue weighted by atomic mass is 10.1. The molecule has 0 aromatic carbocycles. The monoisotopic (exact) mass is 186 g/mol. The highest BCUT2D eigenvalue weighted by Gasteiger charge is 2.40. The molecule has 1 unspecified atom stereocenters. The van der Waals surface area contributed by atoms with Crippen molar-refractivity contribution in [3.63, 3.8) is 0 Å². The summed E-state index contributed by atoms with van der Waals surface area (Å²) in [6.45, 7) is 8.82. The summed E-state index contributed by atoms with van der Waals surface area (Å²) in [6, 6.07) is 0. The van der Waals surface area contributed by atoms with Gasteiger partial charge in [0, 0.05) is 6.61 Å². The molecule has 0 saturated carbocycles. The maximum Gasteiger partial charge on any atom is 0.113 e. The highest BCUT2D eigenvalue weighted by atomic mass is 28.3. The van der Waals surface area contributed by atoms with Gasteiger partial charge in [-0.2, -0.15) is 0 Å². The minimum absolute atomic E-state index is 0.254. The van der Waals surface area contributed by atoms with Crippen LogP contribution in [0.1, 0.15) is 19.3 Å². The summed E-state index contributed by atoms with van der Waals surface area (Å²) in [5.41, 5.74) is 0. The van der Waals surface area contributed by atoms with Crippen LogP contribution in [-0.2, 0) is 4.74 Å². The van der Waals surface area contributed by atoms with Gasteiger partial charge in [0.25, 0.3) is 0 Å². The van der Waals surface area contributed by atoms with E-state index in [1.165, 1.54) is 0 Å². The second-order valence-corrected chi connectivity index (χ2v) is 7.04. The van der Waals surface area contributed by atoms with Gasteiger partial charge in [-0.3, -0.25) is 0 Å². The van der Waals surface area contributed by atoms with Crippen LogP contribution in [0.25, 0.3) is 0 Å². The number of aliphatic hydroxyl groups excluding tert-OH is 1. The van der Waals surface area contributed by atoms with Gasteiger partial charge >= 0.3 is 0 Å². The maximum atomic E-state index is 9.51. The Morgan fingerprint density at radius 2 is 2.17 bits per heavy atom. The molecule has 2 nitrogen and oxygen atoms in total. The summed E-state index contributed by atoms with van der Waals surface area (Å²) in [4.78, 5) is 0. The van der Waals surface area contributed by atoms with Gasteiger partial charge in [-0.25, -0.2) is 0 Å². The minimum Gasteiger partial charge on any atom is -0.510 e. The fourth-order valence-electron chi connectivity index (χ4n) is 1.83. The van der Waals surface area contributed by atoms with E-state index in [2.05, 4.69) is 19.7 Å². The van der Waals surface area contributed by atoms with Crippen molar-refractivity contribution < 1.29 is 9.84 Å². The molecule has 0 spiro atoms. The quantitative estimate of drug-likeness (QED) is 0.528. The molecule has 1 rings (SSSR count). The summed E-state index contributed by atoms with van der Waals surface area (Å²) in [5.74, 6) is 0.254. The van der Waals surface area contributed by atoms with Gasteiger partial charge in [0.05, 0.1) is 8.80 Å². The average molecular weight is 186 g/mol. The van der Waals surface area contributed by atoms with Crippen molar-refractivity contribution in [2.24, 2.45) is 0 Å². The molecule has 1 heterocycles. The van der Waals surface area contributed by atoms with E-state index in [1.807, 2.05) is 0 Å². The van der Waals surface area contributed by atoms with Crippen LogP contribution >= 0.6 is 0 Å². The zero-order valence-corrected chi connectivity index (χ0v) is 9.12. The van der Waals surface area contributed by atoms with E-state index in [0.29, 0.717) is 0 Å². The van der Waals surface area contributed by atoms with Crippen LogP contribution in [-0.4, -0.2) is 25.7 Å². The zero-order chi connectivity index (χ0) is 9.19. The van der Waals surface area contributed by atoms with Crippen molar-refractivity contribution in [3.05, 3.63) is 12.3 Å². The molecular formula is C9H18O2Si. The van der Waals surface area contributed by atoms with Crippen molar-refractivity contribution in [1.82, 2.24) is 0 Å². The highest BCUT2D eigenvalue weighted by Crippen LogP contribution is 2.32. The second-order valence-electron chi connectivity index (χ2n) is 3.80. The molecule has 0 aliphatic carbocycles. The lowest BCUT2D eigenvalue weighted by molar-refractivity contribution is -0.0212. The van der Waals surface area contributed by atoms with Gasteiger partial charge in [-0.1, -0.05) is 19.7 Å². The Kier molecular flexibility index (Phi) is 2.96. The van der Waals surface area contributed by atoms with E-state index in [1.54, 1.807) is 0 Å². The third-order valence-electron chi connectivity index (χ3n) is 2.72. The van der Waals surface area contributed by atoms with Gasteiger partial charge in [-0.05, 0) is 19.3 Å². The van der Waals surface area contributed by atoms with Crippen molar-refractivity contribution in [2.45, 2.75) is 37.6 Å². The molecule has 1 atom stereocenters. The Labute approximate surface area is 75.8 Å². The predicted octanol–water partition coefficient (Wildman–Crippen LogP) is 2.02. The van der Waals surface area contributed by atoms with Crippen LogP contribution in [0.15, 0.2) is 12.3 Å². The Morgan fingerprint density at radius 1 is 1.50 bits per heavy atom. The maximum absolute atomic E-state index is 9.51. The Hall–Kier alpha value is -0.283. The van der Waals surface area contributed by atoms with Crippen LogP contribution in [0.3, 0.4) is 0 Å². The summed E-state index contributed by atoms with van der Waals surface area (Å²) >= 11 is 0. The zero-order valence-electron chi connectivity index (χ0n) is 7.97. The van der Waals surface area contributed by atoms with E-state index in [9.17, 15) is 5.11 Å². The van der Waals surface area contributed by atoms with Crippen LogP contribution < -0.4 is 0 Å². The first kappa shape index (κ1) is 9.80. The molecule has 0 amide bonds. The molecule has 0 aromatic heterocycles. The first-order valence-corrected chi connectivity index (χ1v) is 7.50. The summed E-state index contributed by atoms with van der Waals surface area (Å²) in [5, 5.41) is 9.19. The summed E-state index contributed by atoms with van der Waals surface area (Å²) in [7, 11) is -1.02. The fourth-order valence-corrected chi connectivity index (χ4v) is 3.73. The smallest absolute Gasteiger partial charge is 0.113 e. The fraction of sp³-hybridized carbons (Fsp3) is 0.778. The number of rotatable bonds is 2. The Bertz CT molecular complexity index is 171. The van der Waals surface area contributed by atoms with Crippen molar-refractivity contribution >= 4 is 8.80 Å². The molecule has 1 fully saturated rings. The van der Waals surface area contributed by atoms with Crippen LogP contribution in [0.5, 0.6) is 0 Å². The lowest BCUT2D eigenvalue weighted by Crippen LogP contribution is -2.48. The Balaban J connectivity index is 2.77. The normalized spacial score (nSPS) is 30.6. The van der Waals surface area contributed by atoms with Crippen LogP contribution in [0.4, 0.5) is 0 Å². The van der Waals surface area contributed by atoms with E-state index < -0.39 is 8.80 Å². The number of hydrogen-bond acceptors (Lipinski definition) is 2. The third-order valence-corrected chi connectivity index (χ3v) is 5.38. The van der Waals surface area contributed by atoms with E-state index in [-0.39, 0.29) is 11.0 Å². The number of aliphatic hydroxyl groups is 1. The van der Waals surface area contributed by atoms with Gasteiger partial charge in [-0.15, -0.1) is 0 Å². The van der Waals surface area contributed by atoms with Crippen molar-refractivity contribution in [3.8, 4) is 0 Å². The topological polar surface area (TPSA) is 29.5 Å². The first-order valence-electron chi connectivity index (χ1n) is 4.62. The van der Waals surface area contributed by atoms with Gasteiger partial charge in [0.2, 0.25) is 0 Å². The molecule has 0 aromatic rings. The molecule has 0 radical (unpaired) electrons. The number of hydrogen-bond donors (Lipinski definition) is 1. The molecule has 70 valence electrons. The van der Waals surface area contributed by atoms with E-state index >= 15 is 0 Å². The van der Waals surface area contributed by atoms with Gasteiger partial charge < -0.3 is 9.84 Å². The molecule has 12 heavy (non-hydrogen) atoms. The summed E-state index contributed by atoms with van der Waals surface area (Å²) in [6.07, 6.45) is 3.24. The number of ether oxygens (including phenoxy) is 1. The predicted molar refractivity (Wildman–Crippen MR) is 53.2 cm³/mol. The average Bonchev–Trinajstić information content (AvgIpc) is 2.05. The molecule has 3 heteroatoms. The molecule has 1 aliphatic heterocycles. The molecule has 1 aliphatic rings. The second kappa shape index (κ2) is 3.62. The van der Waals surface area contributed by atoms with Gasteiger partial charge in [0.1, 0.15) is 11.0 Å². The SMILES string of the molecule is C=C(O)C1([SiH](C)C)CCCCO1. The van der Waals surface area contributed by atoms with Crippen molar-refractivity contribution in [1.29, 1.82) is 0 Å².